The minimum absolute atomic E-state index is 0.137. The van der Waals surface area contributed by atoms with E-state index in [0.29, 0.717) is 10.7 Å². The molecule has 2 aromatic heterocycles. The van der Waals surface area contributed by atoms with Crippen molar-refractivity contribution in [3.8, 4) is 0 Å². The average molecular weight is 370 g/mol. The van der Waals surface area contributed by atoms with E-state index in [-0.39, 0.29) is 11.9 Å². The summed E-state index contributed by atoms with van der Waals surface area (Å²) in [5.74, 6) is 0.838. The van der Waals surface area contributed by atoms with Gasteiger partial charge in [0.15, 0.2) is 0 Å². The zero-order valence-electron chi connectivity index (χ0n) is 14.5. The smallest absolute Gasteiger partial charge is 0.270 e. The molecule has 3 heterocycles. The van der Waals surface area contributed by atoms with Gasteiger partial charge in [0, 0.05) is 49.0 Å². The highest BCUT2D eigenvalue weighted by atomic mass is 35.5. The summed E-state index contributed by atoms with van der Waals surface area (Å²) in [5, 5.41) is 4.69. The number of nitrogens with one attached hydrogen (secondary N) is 1. The maximum absolute atomic E-state index is 12.6. The number of anilines is 1. The van der Waals surface area contributed by atoms with E-state index in [1.807, 2.05) is 36.0 Å². The number of aryl methyl sites for hydroxylation is 1. The number of imidazole rings is 1. The minimum Gasteiger partial charge on any atom is -0.348 e. The standard InChI is InChI=1S/C19H20ClN5O/c1-24-11-8-21-19(24)25-9-6-15(7-10-25)22-18(26)16-5-3-13-2-4-14(20)12-17(13)23-16/h2-5,8,11-12,15H,6-7,9-10H2,1H3,(H,22,26). The van der Waals surface area contributed by atoms with Crippen molar-refractivity contribution < 1.29 is 4.79 Å². The lowest BCUT2D eigenvalue weighted by Crippen LogP contribution is -2.45. The van der Waals surface area contributed by atoms with Crippen LogP contribution in [-0.4, -0.2) is 39.6 Å². The Balaban J connectivity index is 1.40. The number of nitrogens with zero attached hydrogens (tertiary/aromatic N) is 4. The zero-order valence-corrected chi connectivity index (χ0v) is 15.3. The summed E-state index contributed by atoms with van der Waals surface area (Å²) in [4.78, 5) is 23.7. The lowest BCUT2D eigenvalue weighted by molar-refractivity contribution is 0.0926. The van der Waals surface area contributed by atoms with Gasteiger partial charge in [-0.3, -0.25) is 4.79 Å². The molecule has 1 amide bonds. The van der Waals surface area contributed by atoms with Gasteiger partial charge in [-0.1, -0.05) is 23.7 Å². The monoisotopic (exact) mass is 369 g/mol. The molecule has 0 radical (unpaired) electrons. The van der Waals surface area contributed by atoms with E-state index in [4.69, 9.17) is 11.6 Å². The van der Waals surface area contributed by atoms with Crippen LogP contribution in [0, 0.1) is 0 Å². The van der Waals surface area contributed by atoms with Gasteiger partial charge in [0.05, 0.1) is 5.52 Å². The van der Waals surface area contributed by atoms with E-state index in [9.17, 15) is 4.79 Å². The lowest BCUT2D eigenvalue weighted by atomic mass is 10.1. The number of amides is 1. The maximum atomic E-state index is 12.6. The number of pyridine rings is 1. The molecule has 1 aliphatic heterocycles. The average Bonchev–Trinajstić information content (AvgIpc) is 3.07. The summed E-state index contributed by atoms with van der Waals surface area (Å²) in [6.45, 7) is 1.74. The number of carbonyl (C=O) groups is 1. The summed E-state index contributed by atoms with van der Waals surface area (Å²) in [6, 6.07) is 9.31. The molecule has 1 N–H and O–H groups in total. The van der Waals surface area contributed by atoms with Crippen molar-refractivity contribution in [3.05, 3.63) is 53.4 Å². The summed E-state index contributed by atoms with van der Waals surface area (Å²) in [7, 11) is 1.99. The Kier molecular flexibility index (Phi) is 4.51. The van der Waals surface area contributed by atoms with Crippen molar-refractivity contribution >= 4 is 34.4 Å². The van der Waals surface area contributed by atoms with E-state index >= 15 is 0 Å². The number of halogens is 1. The number of piperidine rings is 1. The van der Waals surface area contributed by atoms with E-state index in [1.54, 1.807) is 18.3 Å². The molecule has 0 saturated carbocycles. The summed E-state index contributed by atoms with van der Waals surface area (Å²) in [5.41, 5.74) is 1.15. The Morgan fingerprint density at radius 2 is 2.00 bits per heavy atom. The molecule has 1 fully saturated rings. The number of aromatic nitrogens is 3. The highest BCUT2D eigenvalue weighted by molar-refractivity contribution is 6.31. The van der Waals surface area contributed by atoms with Crippen LogP contribution in [0.25, 0.3) is 10.9 Å². The predicted molar refractivity (Wildman–Crippen MR) is 103 cm³/mol. The van der Waals surface area contributed by atoms with Crippen LogP contribution in [0.1, 0.15) is 23.3 Å². The van der Waals surface area contributed by atoms with Gasteiger partial charge < -0.3 is 14.8 Å². The van der Waals surface area contributed by atoms with Crippen molar-refractivity contribution in [3.63, 3.8) is 0 Å². The van der Waals surface area contributed by atoms with Gasteiger partial charge in [0.1, 0.15) is 5.69 Å². The van der Waals surface area contributed by atoms with Crippen LogP contribution in [0.15, 0.2) is 42.7 Å². The van der Waals surface area contributed by atoms with Gasteiger partial charge in [0.25, 0.3) is 5.91 Å². The molecule has 1 aliphatic rings. The van der Waals surface area contributed by atoms with Crippen LogP contribution in [0.3, 0.4) is 0 Å². The lowest BCUT2D eigenvalue weighted by Gasteiger charge is -2.32. The van der Waals surface area contributed by atoms with Crippen molar-refractivity contribution in [2.45, 2.75) is 18.9 Å². The Morgan fingerprint density at radius 3 is 2.73 bits per heavy atom. The van der Waals surface area contributed by atoms with E-state index in [0.717, 1.165) is 42.8 Å². The second kappa shape index (κ2) is 6.96. The zero-order chi connectivity index (χ0) is 18.1. The third-order valence-corrected chi connectivity index (χ3v) is 5.03. The Morgan fingerprint density at radius 1 is 1.23 bits per heavy atom. The molecule has 7 heteroatoms. The first-order chi connectivity index (χ1) is 12.6. The molecule has 0 aliphatic carbocycles. The van der Waals surface area contributed by atoms with Crippen LogP contribution in [0.4, 0.5) is 5.95 Å². The van der Waals surface area contributed by atoms with Crippen molar-refractivity contribution in [2.24, 2.45) is 7.05 Å². The third kappa shape index (κ3) is 3.37. The molecule has 6 nitrogen and oxygen atoms in total. The highest BCUT2D eigenvalue weighted by Crippen LogP contribution is 2.20. The first-order valence-electron chi connectivity index (χ1n) is 8.69. The summed E-state index contributed by atoms with van der Waals surface area (Å²) < 4.78 is 2.02. The van der Waals surface area contributed by atoms with Crippen molar-refractivity contribution in [2.75, 3.05) is 18.0 Å². The molecule has 1 aromatic carbocycles. The number of fused-ring (bicyclic) bond motifs is 1. The topological polar surface area (TPSA) is 63.1 Å². The normalized spacial score (nSPS) is 15.4. The molecular formula is C19H20ClN5O. The van der Waals surface area contributed by atoms with Gasteiger partial charge in [-0.25, -0.2) is 9.97 Å². The van der Waals surface area contributed by atoms with E-state index < -0.39 is 0 Å². The number of benzene rings is 1. The van der Waals surface area contributed by atoms with Crippen molar-refractivity contribution in [1.29, 1.82) is 0 Å². The second-order valence-corrected chi connectivity index (χ2v) is 7.04. The molecule has 0 spiro atoms. The molecule has 0 unspecified atom stereocenters. The molecule has 0 atom stereocenters. The third-order valence-electron chi connectivity index (χ3n) is 4.80. The molecule has 134 valence electrons. The van der Waals surface area contributed by atoms with E-state index in [1.165, 1.54) is 0 Å². The first kappa shape index (κ1) is 16.8. The predicted octanol–water partition coefficient (Wildman–Crippen LogP) is 3.02. The fourth-order valence-electron chi connectivity index (χ4n) is 3.36. The minimum atomic E-state index is -0.137. The van der Waals surface area contributed by atoms with E-state index in [2.05, 4.69) is 20.2 Å². The van der Waals surface area contributed by atoms with Gasteiger partial charge in [-0.15, -0.1) is 0 Å². The largest absolute Gasteiger partial charge is 0.348 e. The van der Waals surface area contributed by atoms with Gasteiger partial charge >= 0.3 is 0 Å². The Hall–Kier alpha value is -2.60. The molecule has 1 saturated heterocycles. The van der Waals surface area contributed by atoms with Gasteiger partial charge in [-0.05, 0) is 31.0 Å². The van der Waals surface area contributed by atoms with Crippen LogP contribution in [-0.2, 0) is 7.05 Å². The maximum Gasteiger partial charge on any atom is 0.270 e. The highest BCUT2D eigenvalue weighted by Gasteiger charge is 2.23. The van der Waals surface area contributed by atoms with Crippen molar-refractivity contribution in [1.82, 2.24) is 19.9 Å². The molecular weight excluding hydrogens is 350 g/mol. The number of carbonyl (C=O) groups excluding carboxylic acids is 1. The Bertz CT molecular complexity index is 946. The molecule has 0 bridgehead atoms. The quantitative estimate of drug-likeness (QED) is 0.770. The van der Waals surface area contributed by atoms with Crippen LogP contribution in [0.2, 0.25) is 5.02 Å². The first-order valence-corrected chi connectivity index (χ1v) is 9.07. The van der Waals surface area contributed by atoms with Gasteiger partial charge in [-0.2, -0.15) is 0 Å². The summed E-state index contributed by atoms with van der Waals surface area (Å²) in [6.07, 6.45) is 5.53. The summed E-state index contributed by atoms with van der Waals surface area (Å²) >= 11 is 6.02. The van der Waals surface area contributed by atoms with Crippen LogP contribution < -0.4 is 10.2 Å². The number of hydrogen-bond acceptors (Lipinski definition) is 4. The van der Waals surface area contributed by atoms with Crippen LogP contribution >= 0.6 is 11.6 Å². The molecule has 3 aromatic rings. The van der Waals surface area contributed by atoms with Gasteiger partial charge in [0.2, 0.25) is 5.95 Å². The van der Waals surface area contributed by atoms with Crippen LogP contribution in [0.5, 0.6) is 0 Å². The fourth-order valence-corrected chi connectivity index (χ4v) is 3.53. The number of hydrogen-bond donors (Lipinski definition) is 1. The second-order valence-electron chi connectivity index (χ2n) is 6.61. The fraction of sp³-hybridized carbons (Fsp3) is 0.316. The SMILES string of the molecule is Cn1ccnc1N1CCC(NC(=O)c2ccc3ccc(Cl)cc3n2)CC1. The molecule has 4 rings (SSSR count). The molecule has 26 heavy (non-hydrogen) atoms. The Labute approximate surface area is 156 Å². The number of rotatable bonds is 3.